The van der Waals surface area contributed by atoms with Crippen molar-refractivity contribution >= 4 is 11.6 Å². The number of hydrogen-bond acceptors (Lipinski definition) is 2. The van der Waals surface area contributed by atoms with Crippen molar-refractivity contribution in [1.82, 2.24) is 0 Å². The Labute approximate surface area is 140 Å². The van der Waals surface area contributed by atoms with Crippen LogP contribution in [0, 0.1) is 40.4 Å². The highest BCUT2D eigenvalue weighted by molar-refractivity contribution is 5.93. The van der Waals surface area contributed by atoms with Gasteiger partial charge in [-0.3, -0.25) is 9.59 Å². The van der Waals surface area contributed by atoms with Crippen LogP contribution in [0.25, 0.3) is 0 Å². The summed E-state index contributed by atoms with van der Waals surface area (Å²) in [6.07, 6.45) is 10.9. The monoisotopic (exact) mass is 316 g/mol. The molecule has 0 aromatic carbocycles. The molecule has 7 atom stereocenters. The van der Waals surface area contributed by atoms with Gasteiger partial charge in [-0.15, -0.1) is 0 Å². The fourth-order valence-electron chi connectivity index (χ4n) is 7.65. The predicted octanol–water partition coefficient (Wildman–Crippen LogP) is 4.80. The van der Waals surface area contributed by atoms with E-state index >= 15 is 0 Å². The van der Waals surface area contributed by atoms with E-state index in [1.165, 1.54) is 38.5 Å². The Morgan fingerprint density at radius 2 is 1.78 bits per heavy atom. The van der Waals surface area contributed by atoms with Gasteiger partial charge in [-0.1, -0.05) is 26.7 Å². The fraction of sp³-hybridized carbons (Fsp3) is 0.905. The van der Waals surface area contributed by atoms with Crippen LogP contribution >= 0.6 is 0 Å². The Kier molecular flexibility index (Phi) is 3.56. The highest BCUT2D eigenvalue weighted by atomic mass is 16.1. The molecule has 0 aliphatic heterocycles. The minimum Gasteiger partial charge on any atom is -0.300 e. The number of carbonyl (C=O) groups is 2. The Balaban J connectivity index is 1.70. The molecule has 0 aromatic rings. The molecule has 0 radical (unpaired) electrons. The molecule has 23 heavy (non-hydrogen) atoms. The lowest BCUT2D eigenvalue weighted by molar-refractivity contribution is -0.158. The summed E-state index contributed by atoms with van der Waals surface area (Å²) >= 11 is 0. The molecule has 128 valence electrons. The number of ketones is 2. The first-order valence-electron chi connectivity index (χ1n) is 9.92. The maximum atomic E-state index is 13.2. The van der Waals surface area contributed by atoms with E-state index in [0.29, 0.717) is 29.0 Å². The Bertz CT molecular complexity index is 538. The summed E-state index contributed by atoms with van der Waals surface area (Å²) in [5.74, 6) is 3.28. The molecule has 0 saturated heterocycles. The normalized spacial score (nSPS) is 52.5. The third-order valence-corrected chi connectivity index (χ3v) is 8.94. The van der Waals surface area contributed by atoms with Crippen LogP contribution in [-0.2, 0) is 9.59 Å². The first-order chi connectivity index (χ1) is 10.9. The molecule has 4 aliphatic carbocycles. The van der Waals surface area contributed by atoms with Gasteiger partial charge in [0.05, 0.1) is 0 Å². The van der Waals surface area contributed by atoms with E-state index in [4.69, 9.17) is 0 Å². The summed E-state index contributed by atoms with van der Waals surface area (Å²) in [7, 11) is 0. The first kappa shape index (κ1) is 15.8. The van der Waals surface area contributed by atoms with Crippen molar-refractivity contribution in [3.63, 3.8) is 0 Å². The van der Waals surface area contributed by atoms with Crippen molar-refractivity contribution in [2.24, 2.45) is 40.4 Å². The maximum absolute atomic E-state index is 13.2. The van der Waals surface area contributed by atoms with E-state index in [1.54, 1.807) is 6.92 Å². The van der Waals surface area contributed by atoms with Gasteiger partial charge in [0.15, 0.2) is 0 Å². The van der Waals surface area contributed by atoms with Crippen molar-refractivity contribution in [1.29, 1.82) is 0 Å². The Morgan fingerprint density at radius 3 is 2.52 bits per heavy atom. The second-order valence-electron chi connectivity index (χ2n) is 9.55. The molecule has 0 aromatic heterocycles. The molecule has 4 saturated carbocycles. The molecule has 0 amide bonds. The molecule has 4 aliphatic rings. The maximum Gasteiger partial charge on any atom is 0.140 e. The number of Topliss-reactive ketones (excluding diaryl/α,β-unsaturated/α-hetero) is 2. The highest BCUT2D eigenvalue weighted by Crippen LogP contribution is 2.66. The summed E-state index contributed by atoms with van der Waals surface area (Å²) < 4.78 is 0. The van der Waals surface area contributed by atoms with Crippen LogP contribution in [0.3, 0.4) is 0 Å². The van der Waals surface area contributed by atoms with Gasteiger partial charge < -0.3 is 0 Å². The minimum atomic E-state index is -0.342. The van der Waals surface area contributed by atoms with Crippen LogP contribution in [-0.4, -0.2) is 11.6 Å². The lowest BCUT2D eigenvalue weighted by Crippen LogP contribution is -2.56. The summed E-state index contributed by atoms with van der Waals surface area (Å²) in [4.78, 5) is 25.4. The van der Waals surface area contributed by atoms with E-state index in [1.807, 2.05) is 0 Å². The van der Waals surface area contributed by atoms with E-state index in [-0.39, 0.29) is 17.1 Å². The molecule has 0 N–H and O–H groups in total. The van der Waals surface area contributed by atoms with Gasteiger partial charge in [0.2, 0.25) is 0 Å². The van der Waals surface area contributed by atoms with E-state index in [2.05, 4.69) is 13.8 Å². The number of rotatable bonds is 1. The molecule has 4 fully saturated rings. The SMILES string of the molecule is CC(=O)[C@H]1CC[C@H]2[C@@H]3CCC4CCCC[C@]4(C)[C@H]3CC(=O)[C@]12C. The molecular weight excluding hydrogens is 284 g/mol. The van der Waals surface area contributed by atoms with Gasteiger partial charge in [-0.05, 0) is 74.5 Å². The first-order valence-corrected chi connectivity index (χ1v) is 9.92. The van der Waals surface area contributed by atoms with Crippen LogP contribution in [0.5, 0.6) is 0 Å². The molecule has 0 heterocycles. The Hall–Kier alpha value is -0.660. The zero-order chi connectivity index (χ0) is 16.4. The molecule has 0 bridgehead atoms. The van der Waals surface area contributed by atoms with Gasteiger partial charge in [0.1, 0.15) is 11.6 Å². The van der Waals surface area contributed by atoms with Crippen molar-refractivity contribution < 1.29 is 9.59 Å². The van der Waals surface area contributed by atoms with Gasteiger partial charge in [-0.2, -0.15) is 0 Å². The Morgan fingerprint density at radius 1 is 1.00 bits per heavy atom. The largest absolute Gasteiger partial charge is 0.300 e. The van der Waals surface area contributed by atoms with E-state index < -0.39 is 0 Å². The summed E-state index contributed by atoms with van der Waals surface area (Å²) in [6, 6.07) is 0. The van der Waals surface area contributed by atoms with Crippen molar-refractivity contribution in [2.45, 2.75) is 78.6 Å². The van der Waals surface area contributed by atoms with Crippen molar-refractivity contribution in [2.75, 3.05) is 0 Å². The fourth-order valence-corrected chi connectivity index (χ4v) is 7.65. The summed E-state index contributed by atoms with van der Waals surface area (Å²) in [5.41, 5.74) is 0.0529. The number of fused-ring (bicyclic) bond motifs is 5. The quantitative estimate of drug-likeness (QED) is 0.696. The molecule has 1 unspecified atom stereocenters. The van der Waals surface area contributed by atoms with Gasteiger partial charge in [0.25, 0.3) is 0 Å². The van der Waals surface area contributed by atoms with Gasteiger partial charge in [0, 0.05) is 17.8 Å². The van der Waals surface area contributed by atoms with Crippen LogP contribution in [0.15, 0.2) is 0 Å². The number of carbonyl (C=O) groups excluding carboxylic acids is 2. The van der Waals surface area contributed by atoms with Crippen LogP contribution < -0.4 is 0 Å². The third-order valence-electron chi connectivity index (χ3n) is 8.94. The highest BCUT2D eigenvalue weighted by Gasteiger charge is 2.63. The van der Waals surface area contributed by atoms with Gasteiger partial charge in [-0.25, -0.2) is 0 Å². The molecule has 4 rings (SSSR count). The van der Waals surface area contributed by atoms with Gasteiger partial charge >= 0.3 is 0 Å². The standard InChI is InChI=1S/C21H32O2/c1-13(22)16-9-10-17-15-8-7-14-6-4-5-11-20(14,2)18(15)12-19(23)21(16,17)3/h14-18H,4-12H2,1-3H3/t14?,15-,16+,17-,18-,20-,21+/m0/s1. The summed E-state index contributed by atoms with van der Waals surface area (Å²) in [6.45, 7) is 6.35. The van der Waals surface area contributed by atoms with Crippen LogP contribution in [0.2, 0.25) is 0 Å². The lowest BCUT2D eigenvalue weighted by atomic mass is 9.44. The van der Waals surface area contributed by atoms with E-state index in [9.17, 15) is 9.59 Å². The third kappa shape index (κ3) is 1.99. The molecule has 2 nitrogen and oxygen atoms in total. The van der Waals surface area contributed by atoms with Crippen LogP contribution in [0.4, 0.5) is 0 Å². The molecule has 0 spiro atoms. The number of hydrogen-bond donors (Lipinski definition) is 0. The zero-order valence-electron chi connectivity index (χ0n) is 15.1. The summed E-state index contributed by atoms with van der Waals surface area (Å²) in [5, 5.41) is 0. The topological polar surface area (TPSA) is 34.1 Å². The van der Waals surface area contributed by atoms with Crippen molar-refractivity contribution in [3.8, 4) is 0 Å². The van der Waals surface area contributed by atoms with Crippen molar-refractivity contribution in [3.05, 3.63) is 0 Å². The average molecular weight is 316 g/mol. The smallest absolute Gasteiger partial charge is 0.140 e. The van der Waals surface area contributed by atoms with Crippen LogP contribution in [0.1, 0.15) is 78.6 Å². The second kappa shape index (κ2) is 5.17. The molecule has 2 heteroatoms. The zero-order valence-corrected chi connectivity index (χ0v) is 15.1. The van der Waals surface area contributed by atoms with E-state index in [0.717, 1.165) is 25.2 Å². The second-order valence-corrected chi connectivity index (χ2v) is 9.55. The minimum absolute atomic E-state index is 0.00200. The lowest BCUT2D eigenvalue weighted by Gasteiger charge is -2.59. The molecular formula is C21H32O2. The average Bonchev–Trinajstić information content (AvgIpc) is 2.87. The predicted molar refractivity (Wildman–Crippen MR) is 90.9 cm³/mol.